The largest absolute Gasteiger partial charge is 0.762 e. The van der Waals surface area contributed by atoms with E-state index in [1.807, 2.05) is 0 Å². The van der Waals surface area contributed by atoms with Crippen molar-refractivity contribution >= 4 is 21.7 Å². The second-order valence-corrected chi connectivity index (χ2v) is 10.1. The Morgan fingerprint density at radius 1 is 0.962 bits per heavy atom. The first-order chi connectivity index (χ1) is 12.5. The van der Waals surface area contributed by atoms with Gasteiger partial charge in [0.15, 0.2) is 0 Å². The normalized spacial score (nSPS) is 34.9. The van der Waals surface area contributed by atoms with Crippen molar-refractivity contribution in [3.63, 3.8) is 0 Å². The van der Waals surface area contributed by atoms with Gasteiger partial charge in [0.2, 0.25) is 0 Å². The highest BCUT2D eigenvalue weighted by Crippen LogP contribution is 2.34. The summed E-state index contributed by atoms with van der Waals surface area (Å²) < 4.78 is 0. The molecule has 6 heteroatoms. The summed E-state index contributed by atoms with van der Waals surface area (Å²) >= 11 is 3.67. The molecule has 150 valence electrons. The van der Waals surface area contributed by atoms with Crippen molar-refractivity contribution in [1.29, 1.82) is 0 Å². The highest BCUT2D eigenvalue weighted by Gasteiger charge is 2.29. The number of likely N-dealkylation sites (tertiary alicyclic amines) is 1. The predicted octanol–water partition coefficient (Wildman–Crippen LogP) is 4.36. The molecule has 0 radical (unpaired) electrons. The molecule has 1 aliphatic heterocycles. The molecule has 2 saturated carbocycles. The Balaban J connectivity index is 1.32. The number of hydroxylamine groups is 2. The first-order valence-corrected chi connectivity index (χ1v) is 11.5. The van der Waals surface area contributed by atoms with Gasteiger partial charge >= 0.3 is 0 Å². The predicted molar refractivity (Wildman–Crippen MR) is 106 cm³/mol. The van der Waals surface area contributed by atoms with Gasteiger partial charge in [0.05, 0.1) is 6.54 Å². The van der Waals surface area contributed by atoms with Crippen molar-refractivity contribution in [2.45, 2.75) is 81.5 Å². The van der Waals surface area contributed by atoms with E-state index in [9.17, 15) is 10.0 Å². The van der Waals surface area contributed by atoms with Gasteiger partial charge in [-0.15, -0.1) is 0 Å². The van der Waals surface area contributed by atoms with Crippen molar-refractivity contribution in [2.24, 2.45) is 17.8 Å². The molecule has 3 fully saturated rings. The van der Waals surface area contributed by atoms with Crippen LogP contribution in [0.1, 0.15) is 70.6 Å². The van der Waals surface area contributed by atoms with Crippen LogP contribution < -0.4 is 0 Å². The van der Waals surface area contributed by atoms with E-state index in [0.717, 1.165) is 70.4 Å². The average Bonchev–Trinajstić information content (AvgIpc) is 2.64. The van der Waals surface area contributed by atoms with Gasteiger partial charge in [0, 0.05) is 16.8 Å². The van der Waals surface area contributed by atoms with Crippen molar-refractivity contribution in [2.75, 3.05) is 19.6 Å². The van der Waals surface area contributed by atoms with Gasteiger partial charge < -0.3 is 10.4 Å². The molecule has 0 aromatic rings. The third-order valence-corrected chi connectivity index (χ3v) is 7.91. The van der Waals surface area contributed by atoms with Crippen LogP contribution in [0.5, 0.6) is 0 Å². The van der Waals surface area contributed by atoms with E-state index < -0.39 is 0 Å². The van der Waals surface area contributed by atoms with Crippen molar-refractivity contribution in [3.05, 3.63) is 5.21 Å². The molecule has 1 saturated heterocycles. The van der Waals surface area contributed by atoms with Gasteiger partial charge in [-0.05, 0) is 95.6 Å². The Morgan fingerprint density at radius 3 is 2.12 bits per heavy atom. The topological polar surface area (TPSA) is 66.8 Å². The van der Waals surface area contributed by atoms with Crippen LogP contribution in [-0.2, 0) is 4.79 Å². The number of halogens is 1. The number of hydrogen-bond acceptors (Lipinski definition) is 5. The molecule has 0 aromatic carbocycles. The summed E-state index contributed by atoms with van der Waals surface area (Å²) in [6.07, 6.45) is 11.9. The third-order valence-electron chi connectivity index (χ3n) is 6.99. The fourth-order valence-corrected chi connectivity index (χ4v) is 5.71. The number of Topliss-reactive ketones (excluding diaryl/α,β-unsaturated/α-hetero) is 1. The van der Waals surface area contributed by atoms with E-state index in [4.69, 9.17) is 5.21 Å². The molecule has 1 N–H and O–H groups in total. The maximum Gasteiger partial charge on any atom is 0.149 e. The minimum absolute atomic E-state index is 0.163. The quantitative estimate of drug-likeness (QED) is 0.501. The van der Waals surface area contributed by atoms with E-state index in [2.05, 4.69) is 20.8 Å². The minimum atomic E-state index is -0.182. The molecular formula is C20H34BrN2O3-. The lowest BCUT2D eigenvalue weighted by molar-refractivity contribution is -0.125. The van der Waals surface area contributed by atoms with Gasteiger partial charge in [0.1, 0.15) is 5.78 Å². The zero-order valence-electron chi connectivity index (χ0n) is 15.8. The molecule has 0 aromatic heterocycles. The molecule has 26 heavy (non-hydrogen) atoms. The fraction of sp³-hybridized carbons (Fsp3) is 0.950. The molecule has 0 bridgehead atoms. The average molecular weight is 430 g/mol. The lowest BCUT2D eigenvalue weighted by Gasteiger charge is -2.38. The van der Waals surface area contributed by atoms with Crippen LogP contribution in [0.3, 0.4) is 0 Å². The highest BCUT2D eigenvalue weighted by atomic mass is 79.9. The lowest BCUT2D eigenvalue weighted by Crippen LogP contribution is -2.40. The third kappa shape index (κ3) is 5.99. The summed E-state index contributed by atoms with van der Waals surface area (Å²) in [7, 11) is 0. The minimum Gasteiger partial charge on any atom is -0.762 e. The summed E-state index contributed by atoms with van der Waals surface area (Å²) in [5, 5.41) is 20.2. The van der Waals surface area contributed by atoms with Crippen LogP contribution in [0, 0.1) is 23.0 Å². The Hall–Kier alpha value is -0.01000. The molecule has 1 heterocycles. The molecule has 0 spiro atoms. The van der Waals surface area contributed by atoms with E-state index in [-0.39, 0.29) is 11.3 Å². The van der Waals surface area contributed by atoms with Gasteiger partial charge in [-0.1, -0.05) is 15.9 Å². The van der Waals surface area contributed by atoms with E-state index in [1.165, 1.54) is 19.3 Å². The monoisotopic (exact) mass is 429 g/mol. The number of piperidine rings is 1. The molecule has 0 unspecified atom stereocenters. The van der Waals surface area contributed by atoms with Crippen LogP contribution in [0.4, 0.5) is 0 Å². The van der Waals surface area contributed by atoms with Crippen LogP contribution in [0.25, 0.3) is 0 Å². The van der Waals surface area contributed by atoms with Gasteiger partial charge in [-0.25, -0.2) is 0 Å². The number of carbonyl (C=O) groups excluding carboxylic acids is 1. The Labute approximate surface area is 166 Å². The highest BCUT2D eigenvalue weighted by molar-refractivity contribution is 9.09. The fourth-order valence-electron chi connectivity index (χ4n) is 5.18. The van der Waals surface area contributed by atoms with Crippen molar-refractivity contribution in [1.82, 2.24) is 10.1 Å². The molecule has 0 amide bonds. The lowest BCUT2D eigenvalue weighted by atomic mass is 9.78. The second kappa shape index (κ2) is 9.97. The zero-order chi connectivity index (χ0) is 18.5. The van der Waals surface area contributed by atoms with Crippen LogP contribution in [0.2, 0.25) is 0 Å². The van der Waals surface area contributed by atoms with E-state index in [1.54, 1.807) is 0 Å². The summed E-state index contributed by atoms with van der Waals surface area (Å²) in [6, 6.07) is -0.182. The molecule has 3 aliphatic rings. The summed E-state index contributed by atoms with van der Waals surface area (Å²) in [6.45, 7) is 2.78. The summed E-state index contributed by atoms with van der Waals surface area (Å²) in [5.74, 6) is 2.24. The van der Waals surface area contributed by atoms with E-state index in [0.29, 0.717) is 29.0 Å². The zero-order valence-corrected chi connectivity index (χ0v) is 17.4. The maximum atomic E-state index is 12.6. The molecule has 0 atom stereocenters. The smallest absolute Gasteiger partial charge is 0.149 e. The van der Waals surface area contributed by atoms with Crippen LogP contribution in [0.15, 0.2) is 0 Å². The Kier molecular flexibility index (Phi) is 7.94. The van der Waals surface area contributed by atoms with E-state index >= 15 is 0 Å². The first kappa shape index (κ1) is 20.7. The second-order valence-electron chi connectivity index (χ2n) is 8.85. The SMILES string of the molecule is O=C(CN1CCC(CC2CCC(N([O-])O)CC2)CC1)C1CCC(Br)CC1. The molecule has 5 nitrogen and oxygen atoms in total. The maximum absolute atomic E-state index is 12.6. The molecule has 2 aliphatic carbocycles. The number of hydrogen-bond donors (Lipinski definition) is 1. The summed E-state index contributed by atoms with van der Waals surface area (Å²) in [5.41, 5.74) is 0. The Bertz CT molecular complexity index is 438. The Morgan fingerprint density at radius 2 is 1.54 bits per heavy atom. The van der Waals surface area contributed by atoms with Crippen LogP contribution in [-0.4, -0.2) is 51.6 Å². The van der Waals surface area contributed by atoms with Gasteiger partial charge in [-0.2, -0.15) is 0 Å². The molecular weight excluding hydrogens is 396 g/mol. The van der Waals surface area contributed by atoms with Crippen molar-refractivity contribution in [3.8, 4) is 0 Å². The number of alkyl halides is 1. The summed E-state index contributed by atoms with van der Waals surface area (Å²) in [4.78, 5) is 15.5. The standard InChI is InChI=1S/C20H34BrN2O3/c21-18-5-3-17(4-6-18)20(24)14-22-11-9-16(10-12-22)13-15-1-7-19(8-2-15)23(25)26/h15-19,25H,1-14H2/q-1. The van der Waals surface area contributed by atoms with Gasteiger partial charge in [-0.3, -0.25) is 14.9 Å². The first-order valence-electron chi connectivity index (χ1n) is 10.6. The van der Waals surface area contributed by atoms with Crippen LogP contribution >= 0.6 is 15.9 Å². The number of nitrogens with zero attached hydrogens (tertiary/aromatic N) is 2. The number of rotatable bonds is 6. The number of carbonyl (C=O) groups is 1. The van der Waals surface area contributed by atoms with Gasteiger partial charge in [0.25, 0.3) is 0 Å². The number of ketones is 1. The molecule has 3 rings (SSSR count). The van der Waals surface area contributed by atoms with Crippen molar-refractivity contribution < 1.29 is 10.0 Å².